The van der Waals surface area contributed by atoms with Crippen molar-refractivity contribution in [3.8, 4) is 0 Å². The van der Waals surface area contributed by atoms with Crippen LogP contribution in [0, 0.1) is 41.5 Å². The van der Waals surface area contributed by atoms with E-state index in [9.17, 15) is 47.9 Å². The summed E-state index contributed by atoms with van der Waals surface area (Å²) in [6.07, 6.45) is 3.71. The summed E-state index contributed by atoms with van der Waals surface area (Å²) in [5.41, 5.74) is 43.8. The smallest absolute Gasteiger partial charge is 0.248 e. The second-order valence-corrected chi connectivity index (χ2v) is 24.5. The first-order chi connectivity index (χ1) is 51.6. The maximum absolute atomic E-state index is 10.8. The second-order valence-electron chi connectivity index (χ2n) is 24.5. The standard InChI is InChI=1S/2C10H13NO.5C9H11NO.3C8H9NO/c1-3-9-5-4-6-10(7-9)11-8(2)12;1-3-9-6-4-5-7-10(9)11-8(2)12;1-7-3-5-9(6-4-7)10-8(2)11;1-7-4-3-5-9(6-7)10-8(2)11;1-7-5-3-4-6-9(7)10-8(2)11;1-2-7-4-3-5-8(6-7)9(10)11;1-2-7-5-3-4-6-8(7)9(10)11;1-6-2-4-7(5-3-6)8(9)10;1-6-3-2-4-7(5-6)8(9)10;1-6-4-2-3-5-7(6)8(9)10/h2*4-7H,3H2,1-2H3,(H,11,12);3*3-6H,1-2H3,(H,10,11);2*3-6H,2H2,1H3,(H2,10,11);3*2-5H,1H3,(H2,9,10). The Balaban J connectivity index is 0.000000606. The van der Waals surface area contributed by atoms with E-state index in [-0.39, 0.29) is 59.1 Å². The van der Waals surface area contributed by atoms with Gasteiger partial charge in [0.05, 0.1) is 0 Å². The van der Waals surface area contributed by atoms with E-state index in [1.807, 2.05) is 250 Å². The Morgan fingerprint density at radius 1 is 0.257 bits per heavy atom. The van der Waals surface area contributed by atoms with Gasteiger partial charge in [0.2, 0.25) is 59.1 Å². The summed E-state index contributed by atoms with van der Waals surface area (Å²) in [6, 6.07) is 75.2. The van der Waals surface area contributed by atoms with Crippen molar-refractivity contribution >= 4 is 87.5 Å². The number of carbonyl (C=O) groups is 10. The number of carbonyl (C=O) groups excluding carboxylic acids is 10. The molecule has 10 amide bonds. The van der Waals surface area contributed by atoms with Gasteiger partial charge < -0.3 is 55.3 Å². The van der Waals surface area contributed by atoms with Crippen LogP contribution in [0.25, 0.3) is 0 Å². The van der Waals surface area contributed by atoms with Gasteiger partial charge in [0.25, 0.3) is 0 Å². The molecular weight excluding hydrogens is 1370 g/mol. The normalized spacial score (nSPS) is 9.39. The summed E-state index contributed by atoms with van der Waals surface area (Å²) in [6.45, 7) is 27.5. The monoisotopic (exact) mass is 1480 g/mol. The molecule has 109 heavy (non-hydrogen) atoms. The molecule has 0 fully saturated rings. The summed E-state index contributed by atoms with van der Waals surface area (Å²) in [5, 5.41) is 13.7. The van der Waals surface area contributed by atoms with Crippen LogP contribution in [-0.2, 0) is 49.7 Å². The largest absolute Gasteiger partial charge is 0.366 e. The Hall–Kier alpha value is -13.1. The molecule has 0 saturated carbocycles. The number of benzene rings is 10. The molecule has 20 heteroatoms. The first-order valence-corrected chi connectivity index (χ1v) is 35.2. The van der Waals surface area contributed by atoms with Crippen LogP contribution in [0.3, 0.4) is 0 Å². The molecule has 0 bridgehead atoms. The van der Waals surface area contributed by atoms with Gasteiger partial charge in [-0.05, 0) is 203 Å². The zero-order chi connectivity index (χ0) is 82.0. The van der Waals surface area contributed by atoms with Crippen LogP contribution in [0.1, 0.15) is 170 Å². The number of amides is 10. The molecule has 0 aliphatic heterocycles. The summed E-state index contributed by atoms with van der Waals surface area (Å²) < 4.78 is 0. The molecule has 0 spiro atoms. The summed E-state index contributed by atoms with van der Waals surface area (Å²) >= 11 is 0. The van der Waals surface area contributed by atoms with E-state index >= 15 is 0 Å². The minimum atomic E-state index is -0.375. The van der Waals surface area contributed by atoms with Crippen molar-refractivity contribution in [1.82, 2.24) is 0 Å². The molecule has 0 aliphatic rings. The zero-order valence-corrected chi connectivity index (χ0v) is 65.4. The third-order valence-electron chi connectivity index (χ3n) is 14.9. The number of nitrogens with one attached hydrogen (secondary N) is 5. The number of hydrogen-bond donors (Lipinski definition) is 10. The second kappa shape index (κ2) is 52.8. The minimum absolute atomic E-state index is 0.0177. The van der Waals surface area contributed by atoms with E-state index in [4.69, 9.17) is 28.7 Å². The van der Waals surface area contributed by atoms with E-state index in [0.717, 1.165) is 93.1 Å². The molecule has 10 rings (SSSR count). The highest BCUT2D eigenvalue weighted by Gasteiger charge is 2.06. The van der Waals surface area contributed by atoms with E-state index in [2.05, 4.69) is 40.4 Å². The first-order valence-electron chi connectivity index (χ1n) is 35.2. The Labute approximate surface area is 643 Å². The van der Waals surface area contributed by atoms with Crippen molar-refractivity contribution < 1.29 is 47.9 Å². The molecule has 10 aromatic rings. The fourth-order valence-corrected chi connectivity index (χ4v) is 9.26. The highest BCUT2D eigenvalue weighted by molar-refractivity contribution is 5.96. The predicted octanol–water partition coefficient (Wildman–Crippen LogP) is 16.3. The molecule has 574 valence electrons. The molecule has 0 aromatic heterocycles. The number of nitrogens with two attached hydrogens (primary N) is 5. The summed E-state index contributed by atoms with van der Waals surface area (Å²) in [5.74, 6) is -1.95. The lowest BCUT2D eigenvalue weighted by Crippen LogP contribution is -2.13. The van der Waals surface area contributed by atoms with Gasteiger partial charge in [-0.15, -0.1) is 0 Å². The van der Waals surface area contributed by atoms with Crippen LogP contribution in [0.2, 0.25) is 0 Å². The number of primary amides is 5. The molecule has 0 atom stereocenters. The maximum atomic E-state index is 10.8. The molecule has 0 saturated heterocycles. The SMILES string of the molecule is CC(=O)Nc1ccc(C)cc1.CC(=O)Nc1cccc(C)c1.CC(=O)Nc1ccccc1C.CCc1cccc(C(N)=O)c1.CCc1cccc(NC(C)=O)c1.CCc1ccccc1C(N)=O.CCc1ccccc1NC(C)=O.Cc1ccc(C(N)=O)cc1.Cc1cccc(C(N)=O)c1.Cc1ccccc1C(N)=O. The molecule has 0 aliphatic carbocycles. The fraction of sp³-hybridized carbons (Fsp3) is 0.213. The van der Waals surface area contributed by atoms with Crippen molar-refractivity contribution in [2.24, 2.45) is 28.7 Å². The number of hydrogen-bond acceptors (Lipinski definition) is 10. The fourth-order valence-electron chi connectivity index (χ4n) is 9.26. The van der Waals surface area contributed by atoms with Gasteiger partial charge in [0.1, 0.15) is 0 Å². The van der Waals surface area contributed by atoms with E-state index < -0.39 is 0 Å². The Morgan fingerprint density at radius 3 is 1.02 bits per heavy atom. The first kappa shape index (κ1) is 93.9. The molecule has 20 nitrogen and oxygen atoms in total. The van der Waals surface area contributed by atoms with Crippen LogP contribution < -0.4 is 55.3 Å². The van der Waals surface area contributed by atoms with Gasteiger partial charge >= 0.3 is 0 Å². The van der Waals surface area contributed by atoms with Crippen LogP contribution >= 0.6 is 0 Å². The van der Waals surface area contributed by atoms with Crippen LogP contribution in [0.5, 0.6) is 0 Å². The van der Waals surface area contributed by atoms with Crippen molar-refractivity contribution in [2.45, 2.75) is 130 Å². The van der Waals surface area contributed by atoms with Gasteiger partial charge in [-0.25, -0.2) is 0 Å². The third-order valence-corrected chi connectivity index (χ3v) is 14.9. The van der Waals surface area contributed by atoms with E-state index in [1.165, 1.54) is 51.3 Å². The van der Waals surface area contributed by atoms with E-state index in [0.29, 0.717) is 27.8 Å². The Bertz CT molecular complexity index is 4540. The van der Waals surface area contributed by atoms with Crippen molar-refractivity contribution in [3.63, 3.8) is 0 Å². The number of aryl methyl sites for hydroxylation is 10. The topological polar surface area (TPSA) is 361 Å². The Morgan fingerprint density at radius 2 is 0.615 bits per heavy atom. The lowest BCUT2D eigenvalue weighted by molar-refractivity contribution is -0.115. The van der Waals surface area contributed by atoms with Crippen molar-refractivity contribution in [1.29, 1.82) is 0 Å². The zero-order valence-electron chi connectivity index (χ0n) is 65.4. The lowest BCUT2D eigenvalue weighted by Gasteiger charge is -2.06. The molecule has 15 N–H and O–H groups in total. The summed E-state index contributed by atoms with van der Waals surface area (Å²) in [4.78, 5) is 107. The molecule has 0 radical (unpaired) electrons. The molecule has 0 unspecified atom stereocenters. The predicted molar refractivity (Wildman–Crippen MR) is 444 cm³/mol. The number of anilines is 5. The van der Waals surface area contributed by atoms with Crippen LogP contribution in [0.15, 0.2) is 243 Å². The highest BCUT2D eigenvalue weighted by Crippen LogP contribution is 2.17. The average molecular weight is 1480 g/mol. The van der Waals surface area contributed by atoms with Gasteiger partial charge in [0.15, 0.2) is 0 Å². The lowest BCUT2D eigenvalue weighted by atomic mass is 10.1. The molecule has 0 heterocycles. The van der Waals surface area contributed by atoms with Gasteiger partial charge in [0, 0.05) is 90.9 Å². The number of para-hydroxylation sites is 2. The maximum Gasteiger partial charge on any atom is 0.248 e. The third kappa shape index (κ3) is 42.5. The average Bonchev–Trinajstić information content (AvgIpc) is 0.912. The van der Waals surface area contributed by atoms with E-state index in [1.54, 1.807) is 48.5 Å². The van der Waals surface area contributed by atoms with Crippen LogP contribution in [-0.4, -0.2) is 59.1 Å². The van der Waals surface area contributed by atoms with Crippen LogP contribution in [0.4, 0.5) is 28.4 Å². The molecular formula is C89H108N10O10. The quantitative estimate of drug-likeness (QED) is 0.0490. The Kier molecular flexibility index (Phi) is 45.5. The number of rotatable bonds is 14. The van der Waals surface area contributed by atoms with Gasteiger partial charge in [-0.2, -0.15) is 0 Å². The van der Waals surface area contributed by atoms with Crippen molar-refractivity contribution in [3.05, 3.63) is 326 Å². The minimum Gasteiger partial charge on any atom is -0.366 e. The highest BCUT2D eigenvalue weighted by atomic mass is 16.2. The van der Waals surface area contributed by atoms with Gasteiger partial charge in [-0.1, -0.05) is 190 Å². The van der Waals surface area contributed by atoms with Gasteiger partial charge in [-0.3, -0.25) is 47.9 Å². The molecule has 10 aromatic carbocycles. The summed E-state index contributed by atoms with van der Waals surface area (Å²) in [7, 11) is 0. The van der Waals surface area contributed by atoms with Crippen molar-refractivity contribution in [2.75, 3.05) is 26.6 Å².